The highest BCUT2D eigenvalue weighted by Crippen LogP contribution is 2.35. The van der Waals surface area contributed by atoms with Crippen LogP contribution in [0.4, 0.5) is 18.9 Å². The van der Waals surface area contributed by atoms with E-state index < -0.39 is 17.5 Å². The predicted octanol–water partition coefficient (Wildman–Crippen LogP) is 3.16. The molecule has 0 saturated carbocycles. The number of rotatable bonds is 2. The van der Waals surface area contributed by atoms with Crippen LogP contribution in [0.15, 0.2) is 6.07 Å². The van der Waals surface area contributed by atoms with Crippen LogP contribution in [0.5, 0.6) is 0 Å². The Morgan fingerprint density at radius 2 is 2.10 bits per heavy atom. The third kappa shape index (κ3) is 1.91. The van der Waals surface area contributed by atoms with E-state index in [2.05, 4.69) is 10.3 Å². The normalized spacial score (nSPS) is 14.4. The molecule has 0 fully saturated rings. The summed E-state index contributed by atoms with van der Waals surface area (Å²) in [4.78, 5) is 4.16. The zero-order valence-electron chi connectivity index (χ0n) is 10.9. The number of pyridine rings is 1. The number of nitrogens with one attached hydrogen (secondary N) is 1. The molecule has 3 rings (SSSR count). The molecule has 1 aromatic carbocycles. The van der Waals surface area contributed by atoms with Gasteiger partial charge in [-0.1, -0.05) is 0 Å². The van der Waals surface area contributed by atoms with Crippen molar-refractivity contribution in [3.8, 4) is 0 Å². The molecule has 0 bridgehead atoms. The van der Waals surface area contributed by atoms with Gasteiger partial charge in [0.15, 0.2) is 17.5 Å². The molecular weight excluding hydrogens is 269 g/mol. The molecule has 0 radical (unpaired) electrons. The van der Waals surface area contributed by atoms with Gasteiger partial charge < -0.3 is 10.1 Å². The highest BCUT2D eigenvalue weighted by Gasteiger charge is 2.24. The lowest BCUT2D eigenvalue weighted by molar-refractivity contribution is 0.110. The molecule has 2 heterocycles. The highest BCUT2D eigenvalue weighted by atomic mass is 19.2. The SMILES string of the molecule is CCNc1c2c(nc3c(F)cc(F)c(F)c13)CCOC2. The van der Waals surface area contributed by atoms with Crippen LogP contribution < -0.4 is 5.32 Å². The van der Waals surface area contributed by atoms with Gasteiger partial charge in [0.1, 0.15) is 5.52 Å². The van der Waals surface area contributed by atoms with Crippen molar-refractivity contribution in [2.24, 2.45) is 0 Å². The van der Waals surface area contributed by atoms with Crippen LogP contribution in [0, 0.1) is 17.5 Å². The minimum absolute atomic E-state index is 0.138. The summed E-state index contributed by atoms with van der Waals surface area (Å²) in [7, 11) is 0. The van der Waals surface area contributed by atoms with Crippen LogP contribution in [-0.4, -0.2) is 18.1 Å². The Labute approximate surface area is 113 Å². The Morgan fingerprint density at radius 3 is 2.85 bits per heavy atom. The summed E-state index contributed by atoms with van der Waals surface area (Å²) in [6.07, 6.45) is 0.530. The molecule has 0 amide bonds. The molecule has 6 heteroatoms. The van der Waals surface area contributed by atoms with Gasteiger partial charge in [-0.2, -0.15) is 0 Å². The van der Waals surface area contributed by atoms with Gasteiger partial charge in [-0.25, -0.2) is 18.2 Å². The molecule has 1 aromatic heterocycles. The van der Waals surface area contributed by atoms with Gasteiger partial charge in [-0.15, -0.1) is 0 Å². The molecular formula is C14H13F3N2O. The summed E-state index contributed by atoms with van der Waals surface area (Å²) in [6, 6.07) is 0.534. The number of ether oxygens (including phenoxy) is 1. The van der Waals surface area contributed by atoms with Crippen molar-refractivity contribution in [1.82, 2.24) is 4.98 Å². The van der Waals surface area contributed by atoms with Gasteiger partial charge in [-0.05, 0) is 6.92 Å². The summed E-state index contributed by atoms with van der Waals surface area (Å²) < 4.78 is 46.8. The lowest BCUT2D eigenvalue weighted by Crippen LogP contribution is -2.16. The minimum atomic E-state index is -1.22. The molecule has 0 spiro atoms. The first-order valence-electron chi connectivity index (χ1n) is 6.44. The maximum Gasteiger partial charge on any atom is 0.170 e. The van der Waals surface area contributed by atoms with Gasteiger partial charge in [0.25, 0.3) is 0 Å². The average molecular weight is 282 g/mol. The molecule has 106 valence electrons. The number of hydrogen-bond acceptors (Lipinski definition) is 3. The number of benzene rings is 1. The van der Waals surface area contributed by atoms with E-state index in [-0.39, 0.29) is 17.5 Å². The summed E-state index contributed by atoms with van der Waals surface area (Å²) in [5.41, 5.74) is 1.59. The van der Waals surface area contributed by atoms with E-state index in [0.29, 0.717) is 42.6 Å². The maximum absolute atomic E-state index is 14.1. The van der Waals surface area contributed by atoms with Crippen molar-refractivity contribution in [2.75, 3.05) is 18.5 Å². The van der Waals surface area contributed by atoms with E-state index in [1.54, 1.807) is 0 Å². The molecule has 20 heavy (non-hydrogen) atoms. The molecule has 1 aliphatic heterocycles. The van der Waals surface area contributed by atoms with Crippen LogP contribution >= 0.6 is 0 Å². The van der Waals surface area contributed by atoms with Crippen LogP contribution in [-0.2, 0) is 17.8 Å². The van der Waals surface area contributed by atoms with E-state index >= 15 is 0 Å². The average Bonchev–Trinajstić information content (AvgIpc) is 2.45. The highest BCUT2D eigenvalue weighted by molar-refractivity contribution is 5.94. The standard InChI is InChI=1S/C14H13F3N2O/c1-2-18-13-7-6-20-4-3-10(7)19-14-9(16)5-8(15)12(17)11(13)14/h5H,2-4,6H2,1H3,(H,18,19). The second-order valence-electron chi connectivity index (χ2n) is 4.62. The summed E-state index contributed by atoms with van der Waals surface area (Å²) in [6.45, 7) is 3.08. The van der Waals surface area contributed by atoms with Crippen LogP contribution in [0.1, 0.15) is 18.2 Å². The minimum Gasteiger partial charge on any atom is -0.384 e. The Balaban J connectivity index is 2.42. The Hall–Kier alpha value is -1.82. The zero-order chi connectivity index (χ0) is 14.3. The smallest absolute Gasteiger partial charge is 0.170 e. The molecule has 0 unspecified atom stereocenters. The Kier molecular flexibility index (Phi) is 3.25. The fraction of sp³-hybridized carbons (Fsp3) is 0.357. The first kappa shape index (κ1) is 13.2. The van der Waals surface area contributed by atoms with Gasteiger partial charge in [0, 0.05) is 24.6 Å². The first-order chi connectivity index (χ1) is 9.63. The Morgan fingerprint density at radius 1 is 1.30 bits per heavy atom. The third-order valence-electron chi connectivity index (χ3n) is 3.38. The fourth-order valence-electron chi connectivity index (χ4n) is 2.50. The maximum atomic E-state index is 14.1. The van der Waals surface area contributed by atoms with E-state index in [1.807, 2.05) is 6.92 Å². The van der Waals surface area contributed by atoms with Crippen molar-refractivity contribution < 1.29 is 17.9 Å². The quantitative estimate of drug-likeness (QED) is 0.859. The van der Waals surface area contributed by atoms with Gasteiger partial charge in [0.2, 0.25) is 0 Å². The van der Waals surface area contributed by atoms with Gasteiger partial charge in [-0.3, -0.25) is 0 Å². The van der Waals surface area contributed by atoms with Gasteiger partial charge >= 0.3 is 0 Å². The first-order valence-corrected chi connectivity index (χ1v) is 6.44. The third-order valence-corrected chi connectivity index (χ3v) is 3.38. The fourth-order valence-corrected chi connectivity index (χ4v) is 2.50. The Bertz CT molecular complexity index is 688. The summed E-state index contributed by atoms with van der Waals surface area (Å²) >= 11 is 0. The predicted molar refractivity (Wildman–Crippen MR) is 69.1 cm³/mol. The van der Waals surface area contributed by atoms with E-state index in [4.69, 9.17) is 4.74 Å². The topological polar surface area (TPSA) is 34.2 Å². The van der Waals surface area contributed by atoms with Crippen LogP contribution in [0.3, 0.4) is 0 Å². The molecule has 0 aliphatic carbocycles. The summed E-state index contributed by atoms with van der Waals surface area (Å²) in [5, 5.41) is 2.84. The van der Waals surface area contributed by atoms with Crippen molar-refractivity contribution >= 4 is 16.6 Å². The largest absolute Gasteiger partial charge is 0.384 e. The molecule has 1 N–H and O–H groups in total. The number of fused-ring (bicyclic) bond motifs is 2. The number of nitrogens with zero attached hydrogens (tertiary/aromatic N) is 1. The van der Waals surface area contributed by atoms with Crippen molar-refractivity contribution in [3.63, 3.8) is 0 Å². The van der Waals surface area contributed by atoms with Crippen LogP contribution in [0.2, 0.25) is 0 Å². The summed E-state index contributed by atoms with van der Waals surface area (Å²) in [5.74, 6) is -3.15. The van der Waals surface area contributed by atoms with E-state index in [9.17, 15) is 13.2 Å². The van der Waals surface area contributed by atoms with Gasteiger partial charge in [0.05, 0.1) is 30.0 Å². The number of aromatic nitrogens is 1. The van der Waals surface area contributed by atoms with Crippen molar-refractivity contribution in [1.29, 1.82) is 0 Å². The number of anilines is 1. The van der Waals surface area contributed by atoms with Crippen LogP contribution in [0.25, 0.3) is 10.9 Å². The molecule has 0 atom stereocenters. The molecule has 1 aliphatic rings. The molecule has 3 nitrogen and oxygen atoms in total. The number of hydrogen-bond donors (Lipinski definition) is 1. The van der Waals surface area contributed by atoms with E-state index in [0.717, 1.165) is 0 Å². The lowest BCUT2D eigenvalue weighted by atomic mass is 10.0. The number of halogens is 3. The second-order valence-corrected chi connectivity index (χ2v) is 4.62. The lowest BCUT2D eigenvalue weighted by Gasteiger charge is -2.22. The molecule has 2 aromatic rings. The monoisotopic (exact) mass is 282 g/mol. The zero-order valence-corrected chi connectivity index (χ0v) is 10.9. The van der Waals surface area contributed by atoms with Crippen molar-refractivity contribution in [2.45, 2.75) is 20.0 Å². The van der Waals surface area contributed by atoms with Crippen molar-refractivity contribution in [3.05, 3.63) is 34.8 Å². The molecule has 0 saturated heterocycles. The second kappa shape index (κ2) is 4.94. The van der Waals surface area contributed by atoms with E-state index in [1.165, 1.54) is 0 Å².